The molecule has 0 aromatic carbocycles. The Hall–Kier alpha value is -1.10. The maximum absolute atomic E-state index is 4.64. The van der Waals surface area contributed by atoms with Crippen LogP contribution in [0.2, 0.25) is 0 Å². The molecule has 60 valence electrons. The van der Waals surface area contributed by atoms with Gasteiger partial charge in [-0.1, -0.05) is 5.10 Å². The molecular formula is C6H10N4O. The Morgan fingerprint density at radius 2 is 2.27 bits per heavy atom. The van der Waals surface area contributed by atoms with E-state index in [1.165, 1.54) is 0 Å². The van der Waals surface area contributed by atoms with Crippen molar-refractivity contribution in [2.45, 2.75) is 0 Å². The fourth-order valence-electron chi connectivity index (χ4n) is 1.19. The first-order valence-corrected chi connectivity index (χ1v) is 3.69. The first kappa shape index (κ1) is 6.60. The SMILES string of the molecule is c1onnc1N1CCNCC1. The normalized spacial score (nSPS) is 18.7. The highest BCUT2D eigenvalue weighted by Crippen LogP contribution is 2.08. The van der Waals surface area contributed by atoms with Crippen LogP contribution in [0, 0.1) is 0 Å². The van der Waals surface area contributed by atoms with Crippen molar-refractivity contribution in [3.63, 3.8) is 0 Å². The number of hydrogen-bond donors (Lipinski definition) is 1. The summed E-state index contributed by atoms with van der Waals surface area (Å²) >= 11 is 0. The average Bonchev–Trinajstić information content (AvgIpc) is 2.58. The van der Waals surface area contributed by atoms with Gasteiger partial charge in [0.15, 0.2) is 12.1 Å². The molecule has 2 heterocycles. The molecule has 1 N–H and O–H groups in total. The van der Waals surface area contributed by atoms with Gasteiger partial charge < -0.3 is 14.7 Å². The summed E-state index contributed by atoms with van der Waals surface area (Å²) in [5, 5.41) is 10.5. The van der Waals surface area contributed by atoms with Crippen LogP contribution in [0.25, 0.3) is 0 Å². The summed E-state index contributed by atoms with van der Waals surface area (Å²) in [6.07, 6.45) is 1.57. The highest BCUT2D eigenvalue weighted by molar-refractivity contribution is 5.33. The lowest BCUT2D eigenvalue weighted by atomic mass is 10.4. The number of nitrogens with one attached hydrogen (secondary N) is 1. The molecule has 0 atom stereocenters. The average molecular weight is 154 g/mol. The van der Waals surface area contributed by atoms with Gasteiger partial charge in [-0.25, -0.2) is 0 Å². The molecule has 1 saturated heterocycles. The van der Waals surface area contributed by atoms with Crippen LogP contribution in [-0.4, -0.2) is 36.5 Å². The topological polar surface area (TPSA) is 54.2 Å². The van der Waals surface area contributed by atoms with Crippen LogP contribution < -0.4 is 10.2 Å². The number of aromatic nitrogens is 2. The van der Waals surface area contributed by atoms with Crippen molar-refractivity contribution in [1.82, 2.24) is 15.7 Å². The van der Waals surface area contributed by atoms with Gasteiger partial charge in [-0.2, -0.15) is 0 Å². The van der Waals surface area contributed by atoms with Crippen LogP contribution in [0.15, 0.2) is 10.8 Å². The van der Waals surface area contributed by atoms with Crippen molar-refractivity contribution in [2.75, 3.05) is 31.1 Å². The Kier molecular flexibility index (Phi) is 1.72. The third kappa shape index (κ3) is 1.32. The summed E-state index contributed by atoms with van der Waals surface area (Å²) in [5.41, 5.74) is 0. The highest BCUT2D eigenvalue weighted by atomic mass is 16.5. The first-order chi connectivity index (χ1) is 5.47. The molecule has 0 spiro atoms. The number of hydrogen-bond acceptors (Lipinski definition) is 5. The third-order valence-electron chi connectivity index (χ3n) is 1.79. The third-order valence-corrected chi connectivity index (χ3v) is 1.79. The van der Waals surface area contributed by atoms with Gasteiger partial charge in [0.25, 0.3) is 0 Å². The smallest absolute Gasteiger partial charge is 0.193 e. The standard InChI is InChI=1S/C6H10N4O/c1-3-10(4-2-7-1)6-5-11-9-8-6/h5,7H,1-4H2. The second-order valence-electron chi connectivity index (χ2n) is 2.50. The first-order valence-electron chi connectivity index (χ1n) is 3.69. The molecule has 1 aromatic rings. The van der Waals surface area contributed by atoms with E-state index < -0.39 is 0 Å². The molecule has 5 nitrogen and oxygen atoms in total. The summed E-state index contributed by atoms with van der Waals surface area (Å²) in [5.74, 6) is 0.839. The molecule has 1 fully saturated rings. The molecule has 11 heavy (non-hydrogen) atoms. The minimum atomic E-state index is 0.839. The summed E-state index contributed by atoms with van der Waals surface area (Å²) in [6.45, 7) is 3.97. The molecule has 0 amide bonds. The molecule has 1 aromatic heterocycles. The molecule has 1 aliphatic rings. The summed E-state index contributed by atoms with van der Waals surface area (Å²) in [7, 11) is 0. The van der Waals surface area contributed by atoms with E-state index in [-0.39, 0.29) is 0 Å². The molecule has 1 aliphatic heterocycles. The predicted molar refractivity (Wildman–Crippen MR) is 39.4 cm³/mol. The summed E-state index contributed by atoms with van der Waals surface area (Å²) < 4.78 is 4.64. The van der Waals surface area contributed by atoms with Crippen molar-refractivity contribution in [3.8, 4) is 0 Å². The lowest BCUT2D eigenvalue weighted by Gasteiger charge is -2.25. The van der Waals surface area contributed by atoms with Gasteiger partial charge >= 0.3 is 0 Å². The van der Waals surface area contributed by atoms with Crippen molar-refractivity contribution in [3.05, 3.63) is 6.26 Å². The molecule has 5 heteroatoms. The monoisotopic (exact) mass is 154 g/mol. The summed E-state index contributed by atoms with van der Waals surface area (Å²) in [6, 6.07) is 0. The van der Waals surface area contributed by atoms with Gasteiger partial charge in [0.05, 0.1) is 0 Å². The van der Waals surface area contributed by atoms with E-state index in [1.807, 2.05) is 0 Å². The molecule has 0 saturated carbocycles. The van der Waals surface area contributed by atoms with Crippen LogP contribution in [-0.2, 0) is 0 Å². The molecular weight excluding hydrogens is 144 g/mol. The van der Waals surface area contributed by atoms with E-state index in [0.29, 0.717) is 0 Å². The zero-order valence-corrected chi connectivity index (χ0v) is 6.16. The Bertz CT molecular complexity index is 204. The van der Waals surface area contributed by atoms with E-state index in [9.17, 15) is 0 Å². The fraction of sp³-hybridized carbons (Fsp3) is 0.667. The zero-order valence-electron chi connectivity index (χ0n) is 6.16. The largest absolute Gasteiger partial charge is 0.350 e. The van der Waals surface area contributed by atoms with Crippen molar-refractivity contribution >= 4 is 5.82 Å². The summed E-state index contributed by atoms with van der Waals surface area (Å²) in [4.78, 5) is 2.15. The molecule has 0 aliphatic carbocycles. The number of nitrogens with zero attached hydrogens (tertiary/aromatic N) is 3. The van der Waals surface area contributed by atoms with Crippen molar-refractivity contribution in [2.24, 2.45) is 0 Å². The lowest BCUT2D eigenvalue weighted by molar-refractivity contribution is 0.393. The highest BCUT2D eigenvalue weighted by Gasteiger charge is 2.12. The second kappa shape index (κ2) is 2.87. The lowest BCUT2D eigenvalue weighted by Crippen LogP contribution is -2.43. The Labute approximate surface area is 64.3 Å². The van der Waals surface area contributed by atoms with Gasteiger partial charge in [0.2, 0.25) is 0 Å². The van der Waals surface area contributed by atoms with Crippen LogP contribution in [0.5, 0.6) is 0 Å². The van der Waals surface area contributed by atoms with Gasteiger partial charge in [0, 0.05) is 31.5 Å². The van der Waals surface area contributed by atoms with Crippen LogP contribution in [0.3, 0.4) is 0 Å². The fourth-order valence-corrected chi connectivity index (χ4v) is 1.19. The number of anilines is 1. The zero-order chi connectivity index (χ0) is 7.52. The molecule has 0 radical (unpaired) electrons. The minimum Gasteiger partial charge on any atom is -0.350 e. The van der Waals surface area contributed by atoms with Crippen molar-refractivity contribution < 1.29 is 4.52 Å². The van der Waals surface area contributed by atoms with Crippen molar-refractivity contribution in [1.29, 1.82) is 0 Å². The Morgan fingerprint density at radius 1 is 1.45 bits per heavy atom. The second-order valence-corrected chi connectivity index (χ2v) is 2.50. The Balaban J connectivity index is 2.04. The van der Waals surface area contributed by atoms with E-state index in [2.05, 4.69) is 25.1 Å². The molecule has 0 bridgehead atoms. The van der Waals surface area contributed by atoms with E-state index >= 15 is 0 Å². The van der Waals surface area contributed by atoms with E-state index in [0.717, 1.165) is 32.0 Å². The number of rotatable bonds is 1. The van der Waals surface area contributed by atoms with Gasteiger partial charge in [0.1, 0.15) is 0 Å². The van der Waals surface area contributed by atoms with E-state index in [4.69, 9.17) is 0 Å². The van der Waals surface area contributed by atoms with Crippen LogP contribution >= 0.6 is 0 Å². The predicted octanol–water partition coefficient (Wildman–Crippen LogP) is -0.521. The minimum absolute atomic E-state index is 0.839. The molecule has 0 unspecified atom stereocenters. The van der Waals surface area contributed by atoms with Gasteiger partial charge in [-0.05, 0) is 0 Å². The maximum atomic E-state index is 4.64. The van der Waals surface area contributed by atoms with Gasteiger partial charge in [-0.15, -0.1) is 0 Å². The van der Waals surface area contributed by atoms with Gasteiger partial charge in [-0.3, -0.25) is 0 Å². The Morgan fingerprint density at radius 3 is 2.91 bits per heavy atom. The van der Waals surface area contributed by atoms with E-state index in [1.54, 1.807) is 6.26 Å². The quantitative estimate of drug-likeness (QED) is 0.589. The van der Waals surface area contributed by atoms with Crippen LogP contribution in [0.1, 0.15) is 0 Å². The number of piperazine rings is 1. The molecule has 2 rings (SSSR count). The van der Waals surface area contributed by atoms with Crippen LogP contribution in [0.4, 0.5) is 5.82 Å². The maximum Gasteiger partial charge on any atom is 0.193 e.